The van der Waals surface area contributed by atoms with E-state index in [9.17, 15) is 0 Å². The Morgan fingerprint density at radius 1 is 1.28 bits per heavy atom. The van der Waals surface area contributed by atoms with E-state index in [-0.39, 0.29) is 0 Å². The first kappa shape index (κ1) is 14.3. The Balaban J connectivity index is 1.87. The SMILES string of the molecule is CNC1C(CN2CCC(N(C)C)C2)CCC1(C)C. The van der Waals surface area contributed by atoms with E-state index in [1.165, 1.54) is 38.9 Å². The second-order valence-electron chi connectivity index (χ2n) is 7.22. The van der Waals surface area contributed by atoms with Gasteiger partial charge in [0, 0.05) is 25.2 Å². The number of likely N-dealkylation sites (tertiary alicyclic amines) is 1. The van der Waals surface area contributed by atoms with Gasteiger partial charge >= 0.3 is 0 Å². The van der Waals surface area contributed by atoms with Crippen molar-refractivity contribution in [3.8, 4) is 0 Å². The molecule has 0 aromatic carbocycles. The van der Waals surface area contributed by atoms with Crippen LogP contribution in [-0.2, 0) is 0 Å². The van der Waals surface area contributed by atoms with Gasteiger partial charge in [-0.3, -0.25) is 0 Å². The van der Waals surface area contributed by atoms with Crippen molar-refractivity contribution in [2.24, 2.45) is 11.3 Å². The Morgan fingerprint density at radius 3 is 2.56 bits per heavy atom. The van der Waals surface area contributed by atoms with E-state index in [1.807, 2.05) is 0 Å². The second kappa shape index (κ2) is 5.48. The number of nitrogens with zero attached hydrogens (tertiary/aromatic N) is 2. The van der Waals surface area contributed by atoms with Gasteiger partial charge in [-0.15, -0.1) is 0 Å². The monoisotopic (exact) mass is 253 g/mol. The van der Waals surface area contributed by atoms with Gasteiger partial charge in [0.1, 0.15) is 0 Å². The maximum atomic E-state index is 3.58. The summed E-state index contributed by atoms with van der Waals surface area (Å²) in [5.74, 6) is 0.839. The third-order valence-electron chi connectivity index (χ3n) is 5.25. The minimum absolute atomic E-state index is 0.472. The molecule has 0 aromatic rings. The molecule has 0 radical (unpaired) electrons. The van der Waals surface area contributed by atoms with E-state index >= 15 is 0 Å². The Labute approximate surface area is 113 Å². The molecule has 2 fully saturated rings. The van der Waals surface area contributed by atoms with Gasteiger partial charge in [0.15, 0.2) is 0 Å². The standard InChI is InChI=1S/C15H31N3/c1-15(2)8-6-12(14(15)16-3)10-18-9-7-13(11-18)17(4)5/h12-14,16H,6-11H2,1-5H3. The van der Waals surface area contributed by atoms with E-state index in [0.717, 1.165) is 12.0 Å². The lowest BCUT2D eigenvalue weighted by atomic mass is 9.85. The maximum Gasteiger partial charge on any atom is 0.0229 e. The number of likely N-dealkylation sites (N-methyl/N-ethyl adjacent to an activating group) is 1. The molecule has 3 nitrogen and oxygen atoms in total. The zero-order valence-corrected chi connectivity index (χ0v) is 12.9. The molecule has 1 aliphatic heterocycles. The zero-order chi connectivity index (χ0) is 13.3. The van der Waals surface area contributed by atoms with Crippen molar-refractivity contribution in [1.29, 1.82) is 0 Å². The fourth-order valence-electron chi connectivity index (χ4n) is 4.07. The predicted molar refractivity (Wildman–Crippen MR) is 77.9 cm³/mol. The van der Waals surface area contributed by atoms with Gasteiger partial charge in [0.25, 0.3) is 0 Å². The van der Waals surface area contributed by atoms with Crippen LogP contribution < -0.4 is 5.32 Å². The van der Waals surface area contributed by atoms with Crippen LogP contribution in [0.25, 0.3) is 0 Å². The lowest BCUT2D eigenvalue weighted by molar-refractivity contribution is 0.200. The number of hydrogen-bond acceptors (Lipinski definition) is 3. The van der Waals surface area contributed by atoms with Crippen molar-refractivity contribution < 1.29 is 0 Å². The molecule has 3 unspecified atom stereocenters. The van der Waals surface area contributed by atoms with Crippen molar-refractivity contribution in [2.75, 3.05) is 40.8 Å². The molecular weight excluding hydrogens is 222 g/mol. The van der Waals surface area contributed by atoms with Crippen molar-refractivity contribution in [3.63, 3.8) is 0 Å². The minimum atomic E-state index is 0.472. The Bertz CT molecular complexity index is 275. The van der Waals surface area contributed by atoms with Gasteiger partial charge in [0.05, 0.1) is 0 Å². The molecule has 0 bridgehead atoms. The molecule has 0 spiro atoms. The van der Waals surface area contributed by atoms with Crippen LogP contribution in [-0.4, -0.2) is 62.7 Å². The van der Waals surface area contributed by atoms with E-state index in [4.69, 9.17) is 0 Å². The molecular formula is C15H31N3. The Hall–Kier alpha value is -0.120. The second-order valence-corrected chi connectivity index (χ2v) is 7.22. The molecule has 0 aromatic heterocycles. The average molecular weight is 253 g/mol. The number of hydrogen-bond donors (Lipinski definition) is 1. The van der Waals surface area contributed by atoms with Crippen molar-refractivity contribution in [3.05, 3.63) is 0 Å². The predicted octanol–water partition coefficient (Wildman–Crippen LogP) is 1.65. The van der Waals surface area contributed by atoms with E-state index in [0.29, 0.717) is 11.5 Å². The van der Waals surface area contributed by atoms with Gasteiger partial charge in [-0.05, 0) is 58.3 Å². The molecule has 2 rings (SSSR count). The van der Waals surface area contributed by atoms with Crippen LogP contribution in [0.2, 0.25) is 0 Å². The van der Waals surface area contributed by atoms with Crippen molar-refractivity contribution >= 4 is 0 Å². The molecule has 1 N–H and O–H groups in total. The molecule has 1 aliphatic carbocycles. The summed E-state index contributed by atoms with van der Waals surface area (Å²) in [7, 11) is 6.56. The van der Waals surface area contributed by atoms with Crippen LogP contribution in [0.4, 0.5) is 0 Å². The highest BCUT2D eigenvalue weighted by Gasteiger charge is 2.41. The summed E-state index contributed by atoms with van der Waals surface area (Å²) in [5, 5.41) is 3.58. The molecule has 1 saturated heterocycles. The lowest BCUT2D eigenvalue weighted by Crippen LogP contribution is -2.44. The van der Waals surface area contributed by atoms with Crippen LogP contribution in [0.1, 0.15) is 33.1 Å². The summed E-state index contributed by atoms with van der Waals surface area (Å²) >= 11 is 0. The first-order valence-corrected chi connectivity index (χ1v) is 7.50. The van der Waals surface area contributed by atoms with E-state index < -0.39 is 0 Å². The molecule has 18 heavy (non-hydrogen) atoms. The van der Waals surface area contributed by atoms with Crippen molar-refractivity contribution in [1.82, 2.24) is 15.1 Å². The topological polar surface area (TPSA) is 18.5 Å². The Morgan fingerprint density at radius 2 is 2.00 bits per heavy atom. The maximum absolute atomic E-state index is 3.58. The van der Waals surface area contributed by atoms with Crippen LogP contribution in [0.15, 0.2) is 0 Å². The van der Waals surface area contributed by atoms with Crippen LogP contribution in [0.3, 0.4) is 0 Å². The fourth-order valence-corrected chi connectivity index (χ4v) is 4.07. The Kier molecular flexibility index (Phi) is 4.35. The van der Waals surface area contributed by atoms with Crippen LogP contribution >= 0.6 is 0 Å². The third kappa shape index (κ3) is 2.89. The first-order valence-electron chi connectivity index (χ1n) is 7.50. The van der Waals surface area contributed by atoms with Crippen LogP contribution in [0.5, 0.6) is 0 Å². The largest absolute Gasteiger partial charge is 0.316 e. The molecule has 3 heteroatoms. The fraction of sp³-hybridized carbons (Fsp3) is 1.00. The lowest BCUT2D eigenvalue weighted by Gasteiger charge is -2.32. The van der Waals surface area contributed by atoms with Gasteiger partial charge in [-0.1, -0.05) is 13.8 Å². The highest BCUT2D eigenvalue weighted by atomic mass is 15.2. The molecule has 1 saturated carbocycles. The molecule has 2 aliphatic rings. The van der Waals surface area contributed by atoms with Crippen LogP contribution in [0, 0.1) is 11.3 Å². The average Bonchev–Trinajstić information content (AvgIpc) is 2.84. The summed E-state index contributed by atoms with van der Waals surface area (Å²) in [6.45, 7) is 8.68. The van der Waals surface area contributed by atoms with Gasteiger partial charge < -0.3 is 15.1 Å². The minimum Gasteiger partial charge on any atom is -0.316 e. The summed E-state index contributed by atoms with van der Waals surface area (Å²) in [6.07, 6.45) is 4.10. The quantitative estimate of drug-likeness (QED) is 0.822. The summed E-state index contributed by atoms with van der Waals surface area (Å²) < 4.78 is 0. The zero-order valence-electron chi connectivity index (χ0n) is 12.9. The normalized spacial score (nSPS) is 36.7. The molecule has 1 heterocycles. The first-order chi connectivity index (χ1) is 8.44. The van der Waals surface area contributed by atoms with E-state index in [2.05, 4.69) is 50.1 Å². The van der Waals surface area contributed by atoms with Gasteiger partial charge in [-0.25, -0.2) is 0 Å². The third-order valence-corrected chi connectivity index (χ3v) is 5.25. The molecule has 3 atom stereocenters. The molecule has 0 amide bonds. The van der Waals surface area contributed by atoms with Crippen molar-refractivity contribution in [2.45, 2.75) is 45.2 Å². The molecule has 106 valence electrons. The smallest absolute Gasteiger partial charge is 0.0229 e. The number of rotatable bonds is 4. The number of nitrogens with one attached hydrogen (secondary N) is 1. The highest BCUT2D eigenvalue weighted by Crippen LogP contribution is 2.41. The summed E-state index contributed by atoms with van der Waals surface area (Å²) in [5.41, 5.74) is 0.472. The highest BCUT2D eigenvalue weighted by molar-refractivity contribution is 4.97. The van der Waals surface area contributed by atoms with Gasteiger partial charge in [0.2, 0.25) is 0 Å². The van der Waals surface area contributed by atoms with E-state index in [1.54, 1.807) is 0 Å². The van der Waals surface area contributed by atoms with Gasteiger partial charge in [-0.2, -0.15) is 0 Å². The summed E-state index contributed by atoms with van der Waals surface area (Å²) in [4.78, 5) is 5.06. The summed E-state index contributed by atoms with van der Waals surface area (Å²) in [6, 6.07) is 1.46.